The molecule has 0 aliphatic rings. The number of nitrogens with one attached hydrogen (secondary N) is 1. The van der Waals surface area contributed by atoms with Gasteiger partial charge in [-0.2, -0.15) is 5.10 Å². The number of rotatable bonds is 6. The van der Waals surface area contributed by atoms with Crippen molar-refractivity contribution in [1.29, 1.82) is 0 Å². The van der Waals surface area contributed by atoms with Crippen LogP contribution in [0.2, 0.25) is 0 Å². The second kappa shape index (κ2) is 5.93. The highest BCUT2D eigenvalue weighted by Crippen LogP contribution is 2.06. The minimum absolute atomic E-state index is 0.0530. The average Bonchev–Trinajstić information content (AvgIpc) is 2.99. The van der Waals surface area contributed by atoms with Gasteiger partial charge in [0.15, 0.2) is 5.69 Å². The fourth-order valence-electron chi connectivity index (χ4n) is 1.51. The molecule has 0 radical (unpaired) electrons. The molecule has 2 aromatic heterocycles. The van der Waals surface area contributed by atoms with Gasteiger partial charge in [0.25, 0.3) is 5.91 Å². The summed E-state index contributed by atoms with van der Waals surface area (Å²) in [5, 5.41) is 14.0. The number of aromatic nitrogens is 5. The lowest BCUT2D eigenvalue weighted by molar-refractivity contribution is -0.118. The number of anilines is 1. The summed E-state index contributed by atoms with van der Waals surface area (Å²) in [6.45, 7) is 0.837. The van der Waals surface area contributed by atoms with Crippen molar-refractivity contribution in [3.05, 3.63) is 24.3 Å². The molecule has 0 spiro atoms. The standard InChI is InChI=1S/C10H14N8O2/c11-1-2-17-5-8(15-16-17)10(20)14-7-3-13-18(4-7)6-9(12)19/h3-5H,1-2,6,11H2,(H2,12,19)(H,14,20). The molecule has 0 atom stereocenters. The van der Waals surface area contributed by atoms with Crippen LogP contribution in [0.1, 0.15) is 10.5 Å². The molecule has 0 saturated carbocycles. The molecular formula is C10H14N8O2. The number of carbonyl (C=O) groups excluding carboxylic acids is 2. The zero-order valence-corrected chi connectivity index (χ0v) is 10.6. The molecule has 2 amide bonds. The summed E-state index contributed by atoms with van der Waals surface area (Å²) in [4.78, 5) is 22.6. The number of nitrogens with two attached hydrogens (primary N) is 2. The van der Waals surface area contributed by atoms with Gasteiger partial charge in [-0.15, -0.1) is 5.10 Å². The Hall–Kier alpha value is -2.75. The van der Waals surface area contributed by atoms with Gasteiger partial charge >= 0.3 is 0 Å². The first-order valence-corrected chi connectivity index (χ1v) is 5.81. The summed E-state index contributed by atoms with van der Waals surface area (Å²) in [7, 11) is 0. The Balaban J connectivity index is 1.99. The Bertz CT molecular complexity index is 616. The minimum atomic E-state index is -0.518. The fraction of sp³-hybridized carbons (Fsp3) is 0.300. The zero-order chi connectivity index (χ0) is 14.5. The number of hydrogen-bond acceptors (Lipinski definition) is 6. The van der Waals surface area contributed by atoms with E-state index in [1.165, 1.54) is 28.0 Å². The van der Waals surface area contributed by atoms with Crippen LogP contribution < -0.4 is 16.8 Å². The van der Waals surface area contributed by atoms with Crippen LogP contribution in [0.4, 0.5) is 5.69 Å². The predicted molar refractivity (Wildman–Crippen MR) is 68.5 cm³/mol. The van der Waals surface area contributed by atoms with Gasteiger partial charge in [-0.3, -0.25) is 19.0 Å². The molecule has 0 saturated heterocycles. The number of hydrogen-bond donors (Lipinski definition) is 3. The molecule has 106 valence electrons. The van der Waals surface area contributed by atoms with Crippen LogP contribution in [-0.2, 0) is 17.9 Å². The Kier molecular flexibility index (Phi) is 4.05. The van der Waals surface area contributed by atoms with Crippen LogP contribution in [0.25, 0.3) is 0 Å². The molecular weight excluding hydrogens is 264 g/mol. The third-order valence-electron chi connectivity index (χ3n) is 2.34. The minimum Gasteiger partial charge on any atom is -0.368 e. The lowest BCUT2D eigenvalue weighted by Crippen LogP contribution is -2.18. The zero-order valence-electron chi connectivity index (χ0n) is 10.6. The molecule has 0 aliphatic carbocycles. The van der Waals surface area contributed by atoms with Crippen LogP contribution in [0.5, 0.6) is 0 Å². The quantitative estimate of drug-likeness (QED) is 0.566. The summed E-state index contributed by atoms with van der Waals surface area (Å²) in [5.41, 5.74) is 11.0. The van der Waals surface area contributed by atoms with E-state index in [2.05, 4.69) is 20.7 Å². The van der Waals surface area contributed by atoms with Crippen molar-refractivity contribution in [1.82, 2.24) is 24.8 Å². The second-order valence-corrected chi connectivity index (χ2v) is 4.00. The number of carbonyl (C=O) groups is 2. The second-order valence-electron chi connectivity index (χ2n) is 4.00. The van der Waals surface area contributed by atoms with Crippen LogP contribution >= 0.6 is 0 Å². The lowest BCUT2D eigenvalue weighted by atomic mass is 10.4. The Morgan fingerprint density at radius 3 is 2.80 bits per heavy atom. The van der Waals surface area contributed by atoms with E-state index < -0.39 is 11.8 Å². The van der Waals surface area contributed by atoms with Crippen molar-refractivity contribution in [2.45, 2.75) is 13.1 Å². The number of amides is 2. The van der Waals surface area contributed by atoms with Gasteiger partial charge in [-0.1, -0.05) is 5.21 Å². The Labute approximate surface area is 113 Å². The van der Waals surface area contributed by atoms with Gasteiger partial charge in [0.1, 0.15) is 6.54 Å². The predicted octanol–water partition coefficient (Wildman–Crippen LogP) is -1.83. The Morgan fingerprint density at radius 1 is 1.30 bits per heavy atom. The fourth-order valence-corrected chi connectivity index (χ4v) is 1.51. The molecule has 0 fully saturated rings. The molecule has 2 rings (SSSR count). The van der Waals surface area contributed by atoms with Crippen molar-refractivity contribution < 1.29 is 9.59 Å². The van der Waals surface area contributed by atoms with Crippen LogP contribution in [0, 0.1) is 0 Å². The van der Waals surface area contributed by atoms with Crippen molar-refractivity contribution in [2.24, 2.45) is 11.5 Å². The maximum Gasteiger partial charge on any atom is 0.277 e. The van der Waals surface area contributed by atoms with Crippen molar-refractivity contribution in [2.75, 3.05) is 11.9 Å². The third kappa shape index (κ3) is 3.38. The van der Waals surface area contributed by atoms with Gasteiger partial charge < -0.3 is 16.8 Å². The van der Waals surface area contributed by atoms with E-state index in [1.54, 1.807) is 0 Å². The van der Waals surface area contributed by atoms with E-state index >= 15 is 0 Å². The first-order valence-electron chi connectivity index (χ1n) is 5.81. The highest BCUT2D eigenvalue weighted by Gasteiger charge is 2.12. The first-order chi connectivity index (χ1) is 9.58. The SMILES string of the molecule is NCCn1cc(C(=O)Nc2cnn(CC(N)=O)c2)nn1. The van der Waals surface area contributed by atoms with Crippen molar-refractivity contribution >= 4 is 17.5 Å². The largest absolute Gasteiger partial charge is 0.368 e. The summed E-state index contributed by atoms with van der Waals surface area (Å²) in [5.74, 6) is -0.942. The monoisotopic (exact) mass is 278 g/mol. The molecule has 0 aliphatic heterocycles. The van der Waals surface area contributed by atoms with Gasteiger partial charge in [0.05, 0.1) is 24.6 Å². The first kappa shape index (κ1) is 13.7. The molecule has 0 bridgehead atoms. The summed E-state index contributed by atoms with van der Waals surface area (Å²) >= 11 is 0. The molecule has 2 heterocycles. The van der Waals surface area contributed by atoms with Crippen LogP contribution in [0.3, 0.4) is 0 Å². The molecule has 20 heavy (non-hydrogen) atoms. The highest BCUT2D eigenvalue weighted by atomic mass is 16.2. The topological polar surface area (TPSA) is 147 Å². The van der Waals surface area contributed by atoms with E-state index in [-0.39, 0.29) is 12.2 Å². The average molecular weight is 278 g/mol. The van der Waals surface area contributed by atoms with E-state index in [9.17, 15) is 9.59 Å². The summed E-state index contributed by atoms with van der Waals surface area (Å²) in [6.07, 6.45) is 4.40. The van der Waals surface area contributed by atoms with Crippen LogP contribution in [-0.4, -0.2) is 43.1 Å². The van der Waals surface area contributed by atoms with Crippen molar-refractivity contribution in [3.8, 4) is 0 Å². The smallest absolute Gasteiger partial charge is 0.277 e. The van der Waals surface area contributed by atoms with E-state index in [4.69, 9.17) is 11.5 Å². The Morgan fingerprint density at radius 2 is 2.10 bits per heavy atom. The van der Waals surface area contributed by atoms with Crippen molar-refractivity contribution in [3.63, 3.8) is 0 Å². The van der Waals surface area contributed by atoms with Gasteiger partial charge in [-0.25, -0.2) is 0 Å². The molecule has 10 nitrogen and oxygen atoms in total. The molecule has 0 unspecified atom stereocenters. The summed E-state index contributed by atoms with van der Waals surface area (Å²) in [6, 6.07) is 0. The molecule has 10 heteroatoms. The lowest BCUT2D eigenvalue weighted by Gasteiger charge is -1.98. The molecule has 2 aromatic rings. The van der Waals surface area contributed by atoms with E-state index in [0.717, 1.165) is 0 Å². The maximum absolute atomic E-state index is 11.9. The van der Waals surface area contributed by atoms with Gasteiger partial charge in [-0.05, 0) is 0 Å². The maximum atomic E-state index is 11.9. The summed E-state index contributed by atoms with van der Waals surface area (Å²) < 4.78 is 2.80. The normalized spacial score (nSPS) is 10.4. The van der Waals surface area contributed by atoms with E-state index in [0.29, 0.717) is 18.8 Å². The van der Waals surface area contributed by atoms with E-state index in [1.807, 2.05) is 0 Å². The highest BCUT2D eigenvalue weighted by molar-refractivity contribution is 6.02. The number of nitrogens with zero attached hydrogens (tertiary/aromatic N) is 5. The third-order valence-corrected chi connectivity index (χ3v) is 2.34. The molecule has 5 N–H and O–H groups in total. The number of primary amides is 1. The van der Waals surface area contributed by atoms with Crippen LogP contribution in [0.15, 0.2) is 18.6 Å². The van der Waals surface area contributed by atoms with Gasteiger partial charge in [0, 0.05) is 12.7 Å². The molecule has 0 aromatic carbocycles. The van der Waals surface area contributed by atoms with Gasteiger partial charge in [0.2, 0.25) is 5.91 Å².